The minimum atomic E-state index is -0.707. The molecule has 1 N–H and O–H groups in total. The highest BCUT2D eigenvalue weighted by Gasteiger charge is 2.55. The van der Waals surface area contributed by atoms with Crippen molar-refractivity contribution in [3.05, 3.63) is 43.0 Å². The van der Waals surface area contributed by atoms with Crippen molar-refractivity contribution in [1.29, 1.82) is 0 Å². The summed E-state index contributed by atoms with van der Waals surface area (Å²) in [5, 5.41) is 3.80. The Morgan fingerprint density at radius 3 is 2.52 bits per heavy atom. The summed E-state index contributed by atoms with van der Waals surface area (Å²) in [5.74, 6) is 1.75. The number of azide groups is 1. The highest BCUT2D eigenvalue weighted by molar-refractivity contribution is 5.77. The smallest absolute Gasteiger partial charge is 0.330 e. The molecular weight excluding hydrogens is 402 g/mol. The fourth-order valence-corrected chi connectivity index (χ4v) is 6.70. The first-order chi connectivity index (χ1) is 14.9. The van der Waals surface area contributed by atoms with Gasteiger partial charge in [-0.05, 0) is 68.7 Å². The number of aromatic nitrogens is 2. The molecule has 31 heavy (non-hydrogen) atoms. The van der Waals surface area contributed by atoms with Gasteiger partial charge in [0.25, 0.3) is 5.56 Å². The third-order valence-corrected chi connectivity index (χ3v) is 7.71. The molecule has 3 atom stereocenters. The zero-order valence-electron chi connectivity index (χ0n) is 17.5. The number of nitrogens with zero attached hydrogens (tertiary/aromatic N) is 4. The summed E-state index contributed by atoms with van der Waals surface area (Å²) in [6.45, 7) is 1.58. The third kappa shape index (κ3) is 3.57. The molecule has 10 nitrogen and oxygen atoms in total. The molecule has 1 saturated heterocycles. The Hall–Kier alpha value is -2.58. The van der Waals surface area contributed by atoms with Gasteiger partial charge in [-0.2, -0.15) is 0 Å². The second-order valence-electron chi connectivity index (χ2n) is 9.91. The fourth-order valence-electron chi connectivity index (χ4n) is 6.70. The number of ether oxygens (including phenoxy) is 2. The van der Waals surface area contributed by atoms with Gasteiger partial charge in [-0.3, -0.25) is 19.1 Å². The van der Waals surface area contributed by atoms with Crippen molar-refractivity contribution in [2.75, 3.05) is 6.61 Å². The van der Waals surface area contributed by atoms with E-state index in [2.05, 4.69) is 15.0 Å². The molecule has 166 valence electrons. The van der Waals surface area contributed by atoms with E-state index in [1.165, 1.54) is 30.0 Å². The van der Waals surface area contributed by atoms with Crippen LogP contribution in [-0.2, 0) is 14.3 Å². The number of rotatable bonds is 5. The highest BCUT2D eigenvalue weighted by Crippen LogP contribution is 2.60. The van der Waals surface area contributed by atoms with E-state index in [-0.39, 0.29) is 24.4 Å². The average molecular weight is 429 g/mol. The summed E-state index contributed by atoms with van der Waals surface area (Å²) in [6, 6.07) is -0.571. The summed E-state index contributed by atoms with van der Waals surface area (Å²) < 4.78 is 13.0. The van der Waals surface area contributed by atoms with Gasteiger partial charge in [0, 0.05) is 23.1 Å². The van der Waals surface area contributed by atoms with Gasteiger partial charge in [0.1, 0.15) is 18.9 Å². The summed E-state index contributed by atoms with van der Waals surface area (Å²) in [6.07, 6.45) is 6.82. The Bertz CT molecular complexity index is 1020. The van der Waals surface area contributed by atoms with Gasteiger partial charge < -0.3 is 9.47 Å². The number of hydrogen-bond donors (Lipinski definition) is 1. The standard InChI is InChI=1S/C21H27N5O5/c1-11-9-26(20(29)23-18(11)27)17-5-15(24-25-22)16(31-17)10-30-19(28)21-6-12-2-13(7-21)4-14(3-12)8-21/h9,12-17H,2-8,10H2,1H3,(H,23,27,29)/t12?,13?,14?,15-,16+,17+,21?/m0/s1. The Balaban J connectivity index is 1.29. The SMILES string of the molecule is Cc1cn([C@H]2C[C@H](N=[N+]=[N-])[C@@H](COC(=O)C34CC5CC(CC(C5)C3)C4)O2)c(=O)[nH]c1=O. The van der Waals surface area contributed by atoms with Crippen LogP contribution in [0.15, 0.2) is 20.9 Å². The lowest BCUT2D eigenvalue weighted by molar-refractivity contribution is -0.175. The van der Waals surface area contributed by atoms with Crippen molar-refractivity contribution in [2.45, 2.75) is 70.2 Å². The van der Waals surface area contributed by atoms with Crippen LogP contribution in [0.5, 0.6) is 0 Å². The van der Waals surface area contributed by atoms with Crippen LogP contribution in [0.3, 0.4) is 0 Å². The van der Waals surface area contributed by atoms with Crippen molar-refractivity contribution in [3.63, 3.8) is 0 Å². The van der Waals surface area contributed by atoms with E-state index in [1.807, 2.05) is 0 Å². The van der Waals surface area contributed by atoms with E-state index in [4.69, 9.17) is 15.0 Å². The summed E-state index contributed by atoms with van der Waals surface area (Å²) >= 11 is 0. The minimum absolute atomic E-state index is 0.0160. The molecule has 4 saturated carbocycles. The van der Waals surface area contributed by atoms with Gasteiger partial charge in [-0.1, -0.05) is 5.11 Å². The van der Waals surface area contributed by atoms with E-state index in [0.717, 1.165) is 19.3 Å². The second-order valence-corrected chi connectivity index (χ2v) is 9.91. The molecule has 4 bridgehead atoms. The van der Waals surface area contributed by atoms with Crippen molar-refractivity contribution < 1.29 is 14.3 Å². The average Bonchev–Trinajstić information content (AvgIpc) is 3.10. The molecule has 1 aliphatic heterocycles. The third-order valence-electron chi connectivity index (χ3n) is 7.71. The fraction of sp³-hybridized carbons (Fsp3) is 0.762. The molecule has 0 radical (unpaired) electrons. The van der Waals surface area contributed by atoms with Gasteiger partial charge in [0.15, 0.2) is 0 Å². The van der Waals surface area contributed by atoms with Crippen LogP contribution in [0.4, 0.5) is 0 Å². The summed E-state index contributed by atoms with van der Waals surface area (Å²) in [5.41, 5.74) is 7.91. The largest absolute Gasteiger partial charge is 0.462 e. The number of carbonyl (C=O) groups is 1. The maximum absolute atomic E-state index is 13.1. The Morgan fingerprint density at radius 2 is 1.90 bits per heavy atom. The van der Waals surface area contributed by atoms with Gasteiger partial charge >= 0.3 is 11.7 Å². The minimum Gasteiger partial charge on any atom is -0.462 e. The summed E-state index contributed by atoms with van der Waals surface area (Å²) in [7, 11) is 0. The predicted octanol–water partition coefficient (Wildman–Crippen LogP) is 2.57. The van der Waals surface area contributed by atoms with E-state index in [9.17, 15) is 14.4 Å². The monoisotopic (exact) mass is 429 g/mol. The molecular formula is C21H27N5O5. The highest BCUT2D eigenvalue weighted by atomic mass is 16.6. The second kappa shape index (κ2) is 7.53. The lowest BCUT2D eigenvalue weighted by Crippen LogP contribution is -2.51. The maximum Gasteiger partial charge on any atom is 0.330 e. The van der Waals surface area contributed by atoms with Crippen LogP contribution in [0, 0.1) is 30.1 Å². The number of H-pyrrole nitrogens is 1. The first kappa shape index (κ1) is 20.3. The number of esters is 1. The normalized spacial score (nSPS) is 38.1. The molecule has 0 spiro atoms. The van der Waals surface area contributed by atoms with Crippen LogP contribution < -0.4 is 11.2 Å². The molecule has 1 aromatic heterocycles. The number of hydrogen-bond acceptors (Lipinski definition) is 6. The van der Waals surface area contributed by atoms with Crippen molar-refractivity contribution in [2.24, 2.45) is 28.3 Å². The molecule has 0 aromatic carbocycles. The zero-order chi connectivity index (χ0) is 21.8. The van der Waals surface area contributed by atoms with Gasteiger partial charge in [-0.25, -0.2) is 4.79 Å². The molecule has 10 heteroatoms. The van der Waals surface area contributed by atoms with Crippen LogP contribution in [0.1, 0.15) is 56.7 Å². The lowest BCUT2D eigenvalue weighted by atomic mass is 9.49. The van der Waals surface area contributed by atoms with E-state index < -0.39 is 29.6 Å². The molecule has 5 fully saturated rings. The first-order valence-corrected chi connectivity index (χ1v) is 11.1. The maximum atomic E-state index is 13.1. The predicted molar refractivity (Wildman–Crippen MR) is 109 cm³/mol. The number of aromatic amines is 1. The van der Waals surface area contributed by atoms with Crippen LogP contribution in [0.25, 0.3) is 10.4 Å². The molecule has 2 heterocycles. The molecule has 5 aliphatic rings. The van der Waals surface area contributed by atoms with Crippen molar-refractivity contribution in [1.82, 2.24) is 9.55 Å². The molecule has 1 aromatic rings. The summed E-state index contributed by atoms with van der Waals surface area (Å²) in [4.78, 5) is 42.1. The zero-order valence-corrected chi connectivity index (χ0v) is 17.5. The number of aryl methyl sites for hydroxylation is 1. The van der Waals surface area contributed by atoms with Gasteiger partial charge in [0.2, 0.25) is 0 Å². The molecule has 0 unspecified atom stereocenters. The lowest BCUT2D eigenvalue weighted by Gasteiger charge is -2.55. The van der Waals surface area contributed by atoms with E-state index in [1.54, 1.807) is 6.92 Å². The first-order valence-electron chi connectivity index (χ1n) is 11.1. The van der Waals surface area contributed by atoms with Crippen LogP contribution in [-0.4, -0.2) is 34.3 Å². The van der Waals surface area contributed by atoms with Gasteiger partial charge in [0.05, 0.1) is 11.5 Å². The van der Waals surface area contributed by atoms with Gasteiger partial charge in [-0.15, -0.1) is 0 Å². The van der Waals surface area contributed by atoms with Crippen LogP contribution in [0.2, 0.25) is 0 Å². The Morgan fingerprint density at radius 1 is 1.26 bits per heavy atom. The van der Waals surface area contributed by atoms with Crippen molar-refractivity contribution in [3.8, 4) is 0 Å². The Kier molecular flexibility index (Phi) is 4.94. The molecule has 6 rings (SSSR count). The van der Waals surface area contributed by atoms with E-state index in [0.29, 0.717) is 23.3 Å². The Labute approximate surface area is 178 Å². The van der Waals surface area contributed by atoms with Crippen molar-refractivity contribution >= 4 is 5.97 Å². The van der Waals surface area contributed by atoms with Crippen LogP contribution >= 0.6 is 0 Å². The van der Waals surface area contributed by atoms with E-state index >= 15 is 0 Å². The molecule has 4 aliphatic carbocycles. The quantitative estimate of drug-likeness (QED) is 0.332. The topological polar surface area (TPSA) is 139 Å². The molecule has 0 amide bonds. The number of carbonyl (C=O) groups excluding carboxylic acids is 1. The number of nitrogens with one attached hydrogen (secondary N) is 1.